The molecule has 1 heterocycles. The average molecular weight is 306 g/mol. The van der Waals surface area contributed by atoms with Crippen LogP contribution in [0.1, 0.15) is 11.1 Å². The van der Waals surface area contributed by atoms with E-state index in [0.717, 1.165) is 11.1 Å². The molecule has 2 aromatic rings. The molecule has 0 fully saturated rings. The van der Waals surface area contributed by atoms with Gasteiger partial charge in [-0.3, -0.25) is 14.9 Å². The van der Waals surface area contributed by atoms with Crippen molar-refractivity contribution in [2.75, 3.05) is 5.32 Å². The van der Waals surface area contributed by atoms with Crippen LogP contribution in [0.3, 0.4) is 0 Å². The molecule has 0 aliphatic rings. The van der Waals surface area contributed by atoms with Crippen molar-refractivity contribution in [3.8, 4) is 0 Å². The van der Waals surface area contributed by atoms with Crippen LogP contribution >= 0.6 is 11.6 Å². The van der Waals surface area contributed by atoms with Gasteiger partial charge < -0.3 is 5.32 Å². The fraction of sp³-hybridized carbons (Fsp3) is 0.143. The maximum Gasteiger partial charge on any atom is 0.311 e. The highest BCUT2D eigenvalue weighted by Crippen LogP contribution is 2.24. The lowest BCUT2D eigenvalue weighted by Crippen LogP contribution is -2.16. The van der Waals surface area contributed by atoms with E-state index in [-0.39, 0.29) is 23.1 Å². The van der Waals surface area contributed by atoms with Crippen molar-refractivity contribution in [1.29, 1.82) is 0 Å². The number of carbonyl (C=O) groups is 1. The van der Waals surface area contributed by atoms with E-state index in [1.54, 1.807) is 0 Å². The first kappa shape index (κ1) is 14.9. The maximum absolute atomic E-state index is 11.9. The van der Waals surface area contributed by atoms with E-state index >= 15 is 0 Å². The summed E-state index contributed by atoms with van der Waals surface area (Å²) in [6.45, 7) is 1.95. The lowest BCUT2D eigenvalue weighted by atomic mass is 10.1. The molecule has 1 aromatic carbocycles. The van der Waals surface area contributed by atoms with Crippen LogP contribution in [-0.2, 0) is 11.2 Å². The standard InChI is InChI=1S/C14H12ClN3O3/c1-9-2-4-10(5-3-9)8-13(19)17-14-11(18(20)21)6-7-12(15)16-14/h2-7H,8H2,1H3,(H,16,17,19). The summed E-state index contributed by atoms with van der Waals surface area (Å²) in [5, 5.41) is 13.4. The predicted octanol–water partition coefficient (Wildman–Crippen LogP) is 3.13. The SMILES string of the molecule is Cc1ccc(CC(=O)Nc2nc(Cl)ccc2[N+](=O)[O-])cc1. The molecule has 0 spiro atoms. The smallest absolute Gasteiger partial charge is 0.305 e. The van der Waals surface area contributed by atoms with Gasteiger partial charge in [0.15, 0.2) is 0 Å². The topological polar surface area (TPSA) is 85.1 Å². The predicted molar refractivity (Wildman–Crippen MR) is 79.4 cm³/mol. The Morgan fingerprint density at radius 2 is 1.95 bits per heavy atom. The third-order valence-electron chi connectivity index (χ3n) is 2.78. The fourth-order valence-corrected chi connectivity index (χ4v) is 1.88. The quantitative estimate of drug-likeness (QED) is 0.534. The van der Waals surface area contributed by atoms with Gasteiger partial charge in [0.05, 0.1) is 11.3 Å². The van der Waals surface area contributed by atoms with Gasteiger partial charge in [0, 0.05) is 6.07 Å². The Labute approximate surface area is 125 Å². The average Bonchev–Trinajstić information content (AvgIpc) is 2.41. The zero-order valence-corrected chi connectivity index (χ0v) is 11.9. The molecule has 0 atom stereocenters. The summed E-state index contributed by atoms with van der Waals surface area (Å²) >= 11 is 5.70. The molecule has 0 bridgehead atoms. The Bertz CT molecular complexity index is 686. The molecule has 0 saturated heterocycles. The van der Waals surface area contributed by atoms with E-state index in [9.17, 15) is 14.9 Å². The van der Waals surface area contributed by atoms with E-state index in [0.29, 0.717) is 0 Å². The summed E-state index contributed by atoms with van der Waals surface area (Å²) in [4.78, 5) is 26.0. The molecule has 108 valence electrons. The second-order valence-corrected chi connectivity index (χ2v) is 4.86. The number of aryl methyl sites for hydroxylation is 1. The zero-order valence-electron chi connectivity index (χ0n) is 11.2. The second-order valence-electron chi connectivity index (χ2n) is 4.47. The Morgan fingerprint density at radius 1 is 1.29 bits per heavy atom. The molecular weight excluding hydrogens is 294 g/mol. The number of aromatic nitrogens is 1. The highest BCUT2D eigenvalue weighted by Gasteiger charge is 2.18. The van der Waals surface area contributed by atoms with Crippen molar-refractivity contribution in [3.63, 3.8) is 0 Å². The van der Waals surface area contributed by atoms with Gasteiger partial charge in [0.25, 0.3) is 0 Å². The van der Waals surface area contributed by atoms with Crippen molar-refractivity contribution < 1.29 is 9.72 Å². The number of anilines is 1. The van der Waals surface area contributed by atoms with Crippen LogP contribution in [0.2, 0.25) is 5.15 Å². The van der Waals surface area contributed by atoms with Gasteiger partial charge in [-0.25, -0.2) is 4.98 Å². The van der Waals surface area contributed by atoms with E-state index in [1.165, 1.54) is 12.1 Å². The van der Waals surface area contributed by atoms with Crippen molar-refractivity contribution >= 4 is 29.0 Å². The van der Waals surface area contributed by atoms with Crippen LogP contribution in [0.4, 0.5) is 11.5 Å². The molecule has 6 nitrogen and oxygen atoms in total. The Morgan fingerprint density at radius 3 is 2.57 bits per heavy atom. The van der Waals surface area contributed by atoms with Gasteiger partial charge in [-0.15, -0.1) is 0 Å². The number of hydrogen-bond donors (Lipinski definition) is 1. The van der Waals surface area contributed by atoms with Crippen molar-refractivity contribution in [2.24, 2.45) is 0 Å². The van der Waals surface area contributed by atoms with Crippen molar-refractivity contribution in [2.45, 2.75) is 13.3 Å². The normalized spacial score (nSPS) is 10.2. The molecule has 0 saturated carbocycles. The molecule has 0 aliphatic carbocycles. The van der Waals surface area contributed by atoms with Crippen molar-refractivity contribution in [3.05, 3.63) is 62.8 Å². The van der Waals surface area contributed by atoms with E-state index in [2.05, 4.69) is 10.3 Å². The number of benzene rings is 1. The highest BCUT2D eigenvalue weighted by molar-refractivity contribution is 6.29. The number of halogens is 1. The number of nitrogens with zero attached hydrogens (tertiary/aromatic N) is 2. The number of nitrogens with one attached hydrogen (secondary N) is 1. The first-order valence-corrected chi connectivity index (χ1v) is 6.50. The number of nitro groups is 1. The number of carbonyl (C=O) groups excluding carboxylic acids is 1. The summed E-state index contributed by atoms with van der Waals surface area (Å²) < 4.78 is 0. The first-order chi connectivity index (χ1) is 9.95. The van der Waals surface area contributed by atoms with Crippen LogP contribution in [-0.4, -0.2) is 15.8 Å². The van der Waals surface area contributed by atoms with Gasteiger partial charge >= 0.3 is 5.69 Å². The van der Waals surface area contributed by atoms with Crippen LogP contribution in [0, 0.1) is 17.0 Å². The molecule has 21 heavy (non-hydrogen) atoms. The molecular formula is C14H12ClN3O3. The maximum atomic E-state index is 11.9. The summed E-state index contributed by atoms with van der Waals surface area (Å²) in [5.41, 5.74) is 1.60. The van der Waals surface area contributed by atoms with Gasteiger partial charge in [0.1, 0.15) is 5.15 Å². The van der Waals surface area contributed by atoms with Gasteiger partial charge in [-0.1, -0.05) is 41.4 Å². The Hall–Kier alpha value is -2.47. The molecule has 1 amide bonds. The van der Waals surface area contributed by atoms with Crippen LogP contribution < -0.4 is 5.32 Å². The summed E-state index contributed by atoms with van der Waals surface area (Å²) in [5.74, 6) is -0.540. The zero-order chi connectivity index (χ0) is 15.4. The molecule has 7 heteroatoms. The summed E-state index contributed by atoms with van der Waals surface area (Å²) in [6.07, 6.45) is 0.103. The number of hydrogen-bond acceptors (Lipinski definition) is 4. The van der Waals surface area contributed by atoms with Crippen molar-refractivity contribution in [1.82, 2.24) is 4.98 Å². The molecule has 0 radical (unpaired) electrons. The number of pyridine rings is 1. The van der Waals surface area contributed by atoms with Gasteiger partial charge in [-0.2, -0.15) is 0 Å². The van der Waals surface area contributed by atoms with Crippen LogP contribution in [0.15, 0.2) is 36.4 Å². The summed E-state index contributed by atoms with van der Waals surface area (Å²) in [6, 6.07) is 9.95. The van der Waals surface area contributed by atoms with E-state index < -0.39 is 10.8 Å². The molecule has 1 aromatic heterocycles. The Balaban J connectivity index is 2.14. The van der Waals surface area contributed by atoms with Gasteiger partial charge in [0.2, 0.25) is 11.7 Å². The third-order valence-corrected chi connectivity index (χ3v) is 2.99. The van der Waals surface area contributed by atoms with E-state index in [4.69, 9.17) is 11.6 Å². The number of amides is 1. The molecule has 2 rings (SSSR count). The first-order valence-electron chi connectivity index (χ1n) is 6.12. The Kier molecular flexibility index (Phi) is 4.49. The fourth-order valence-electron chi connectivity index (χ4n) is 1.73. The number of rotatable bonds is 4. The van der Waals surface area contributed by atoms with Crippen LogP contribution in [0.25, 0.3) is 0 Å². The third kappa shape index (κ3) is 4.00. The molecule has 0 unspecified atom stereocenters. The van der Waals surface area contributed by atoms with E-state index in [1.807, 2.05) is 31.2 Å². The molecule has 1 N–H and O–H groups in total. The minimum Gasteiger partial charge on any atom is -0.305 e. The molecule has 0 aliphatic heterocycles. The second kappa shape index (κ2) is 6.32. The van der Waals surface area contributed by atoms with Gasteiger partial charge in [-0.05, 0) is 18.6 Å². The lowest BCUT2D eigenvalue weighted by molar-refractivity contribution is -0.384. The minimum atomic E-state index is -0.620. The highest BCUT2D eigenvalue weighted by atomic mass is 35.5. The van der Waals surface area contributed by atoms with Crippen LogP contribution in [0.5, 0.6) is 0 Å². The lowest BCUT2D eigenvalue weighted by Gasteiger charge is -2.06. The largest absolute Gasteiger partial charge is 0.311 e. The minimum absolute atomic E-state index is 0.0752. The monoisotopic (exact) mass is 305 g/mol. The summed E-state index contributed by atoms with van der Waals surface area (Å²) in [7, 11) is 0.